The van der Waals surface area contributed by atoms with Crippen molar-refractivity contribution in [2.45, 2.75) is 6.92 Å². The van der Waals surface area contributed by atoms with Crippen molar-refractivity contribution in [3.8, 4) is 0 Å². The number of halogens is 1. The lowest BCUT2D eigenvalue weighted by Crippen LogP contribution is -2.07. The number of nitrogens with zero attached hydrogens (tertiary/aromatic N) is 4. The van der Waals surface area contributed by atoms with Crippen molar-refractivity contribution in [3.63, 3.8) is 0 Å². The fraction of sp³-hybridized carbons (Fsp3) is 0.273. The van der Waals surface area contributed by atoms with Crippen LogP contribution in [0.2, 0.25) is 5.02 Å². The number of rotatable bonds is 2. The molecule has 0 aliphatic rings. The minimum absolute atomic E-state index is 0.669. The molecule has 0 amide bonds. The molecule has 2 aromatic heterocycles. The number of pyridine rings is 1. The number of hydrogen-bond acceptors (Lipinski definition) is 2. The summed E-state index contributed by atoms with van der Waals surface area (Å²) in [6, 6.07) is 3.70. The van der Waals surface area contributed by atoms with Gasteiger partial charge >= 0.3 is 0 Å². The first-order chi connectivity index (χ1) is 7.58. The fourth-order valence-electron chi connectivity index (χ4n) is 1.44. The molecule has 5 heteroatoms. The van der Waals surface area contributed by atoms with Crippen LogP contribution in [0.25, 0.3) is 5.52 Å². The Bertz CT molecular complexity index is 542. The van der Waals surface area contributed by atoms with E-state index in [-0.39, 0.29) is 0 Å². The number of hydrogen-bond donors (Lipinski definition) is 0. The molecule has 0 aromatic carbocycles. The minimum Gasteiger partial charge on any atom is -0.369 e. The Morgan fingerprint density at radius 2 is 2.19 bits per heavy atom. The summed E-state index contributed by atoms with van der Waals surface area (Å²) in [5, 5.41) is 0.669. The quantitative estimate of drug-likeness (QED) is 0.593. The standard InChI is InChI=1S/C11H13ClN4/c1-8-10-4-9(12)5-11(14-6-15(2)3)16(10)7-13-8/h4-7H,1-3H3/b14-6-. The molecule has 0 atom stereocenters. The van der Waals surface area contributed by atoms with Crippen LogP contribution in [-0.4, -0.2) is 34.7 Å². The Kier molecular flexibility index (Phi) is 2.83. The van der Waals surface area contributed by atoms with Crippen molar-refractivity contribution < 1.29 is 0 Å². The highest BCUT2D eigenvalue weighted by atomic mass is 35.5. The average molecular weight is 237 g/mol. The lowest BCUT2D eigenvalue weighted by atomic mass is 10.3. The van der Waals surface area contributed by atoms with Crippen LogP contribution in [0.3, 0.4) is 0 Å². The number of fused-ring (bicyclic) bond motifs is 1. The van der Waals surface area contributed by atoms with E-state index in [9.17, 15) is 0 Å². The van der Waals surface area contributed by atoms with Crippen LogP contribution in [0.4, 0.5) is 5.82 Å². The molecule has 2 rings (SSSR count). The third kappa shape index (κ3) is 2.02. The van der Waals surface area contributed by atoms with Gasteiger partial charge in [0.05, 0.1) is 17.5 Å². The second kappa shape index (κ2) is 4.14. The van der Waals surface area contributed by atoms with Gasteiger partial charge in [-0.2, -0.15) is 0 Å². The second-order valence-corrected chi connectivity index (χ2v) is 4.26. The summed E-state index contributed by atoms with van der Waals surface area (Å²) in [7, 11) is 3.84. The van der Waals surface area contributed by atoms with Gasteiger partial charge in [-0.1, -0.05) is 11.6 Å². The monoisotopic (exact) mass is 236 g/mol. The Labute approximate surface area is 99.2 Å². The van der Waals surface area contributed by atoms with Crippen molar-refractivity contribution in [1.29, 1.82) is 0 Å². The SMILES string of the molecule is Cc1ncn2c(/N=C\N(C)C)cc(Cl)cc12. The number of aryl methyl sites for hydroxylation is 1. The van der Waals surface area contributed by atoms with E-state index in [1.54, 1.807) is 12.7 Å². The van der Waals surface area contributed by atoms with Gasteiger partial charge in [-0.05, 0) is 13.0 Å². The van der Waals surface area contributed by atoms with E-state index in [2.05, 4.69) is 9.98 Å². The van der Waals surface area contributed by atoms with Crippen molar-refractivity contribution in [3.05, 3.63) is 29.2 Å². The summed E-state index contributed by atoms with van der Waals surface area (Å²) in [6.45, 7) is 1.95. The van der Waals surface area contributed by atoms with Gasteiger partial charge in [0, 0.05) is 25.2 Å². The molecule has 16 heavy (non-hydrogen) atoms. The van der Waals surface area contributed by atoms with Gasteiger partial charge in [-0.25, -0.2) is 9.98 Å². The van der Waals surface area contributed by atoms with Crippen LogP contribution in [0.15, 0.2) is 23.5 Å². The molecule has 0 unspecified atom stereocenters. The zero-order valence-electron chi connectivity index (χ0n) is 9.48. The molecular formula is C11H13ClN4. The first-order valence-corrected chi connectivity index (χ1v) is 5.29. The van der Waals surface area contributed by atoms with Gasteiger partial charge in [0.1, 0.15) is 12.1 Å². The van der Waals surface area contributed by atoms with Crippen LogP contribution < -0.4 is 0 Å². The molecule has 0 fully saturated rings. The first-order valence-electron chi connectivity index (χ1n) is 4.92. The molecule has 0 radical (unpaired) electrons. The Morgan fingerprint density at radius 1 is 1.44 bits per heavy atom. The molecule has 0 bridgehead atoms. The van der Waals surface area contributed by atoms with Crippen LogP contribution in [0.1, 0.15) is 5.69 Å². The zero-order chi connectivity index (χ0) is 11.7. The minimum atomic E-state index is 0.669. The molecule has 4 nitrogen and oxygen atoms in total. The van der Waals surface area contributed by atoms with Gasteiger partial charge in [0.15, 0.2) is 0 Å². The van der Waals surface area contributed by atoms with E-state index in [1.165, 1.54) is 0 Å². The largest absolute Gasteiger partial charge is 0.369 e. The normalized spacial score (nSPS) is 11.5. The second-order valence-electron chi connectivity index (χ2n) is 3.83. The summed E-state index contributed by atoms with van der Waals surface area (Å²) in [4.78, 5) is 10.5. The summed E-state index contributed by atoms with van der Waals surface area (Å²) < 4.78 is 1.92. The highest BCUT2D eigenvalue weighted by Crippen LogP contribution is 2.23. The lowest BCUT2D eigenvalue weighted by molar-refractivity contribution is 0.643. The predicted molar refractivity (Wildman–Crippen MR) is 66.8 cm³/mol. The molecule has 2 aromatic rings. The Balaban J connectivity index is 2.59. The molecule has 0 saturated heterocycles. The van der Waals surface area contributed by atoms with E-state index >= 15 is 0 Å². The van der Waals surface area contributed by atoms with Gasteiger partial charge in [-0.15, -0.1) is 0 Å². The van der Waals surface area contributed by atoms with Crippen molar-refractivity contribution >= 4 is 29.3 Å². The summed E-state index contributed by atoms with van der Waals surface area (Å²) in [6.07, 6.45) is 3.49. The molecule has 0 aliphatic carbocycles. The lowest BCUT2D eigenvalue weighted by Gasteiger charge is -2.05. The first kappa shape index (κ1) is 11.0. The van der Waals surface area contributed by atoms with Crippen LogP contribution in [0, 0.1) is 6.92 Å². The van der Waals surface area contributed by atoms with Crippen LogP contribution in [0.5, 0.6) is 0 Å². The molecule has 0 N–H and O–H groups in total. The highest BCUT2D eigenvalue weighted by Gasteiger charge is 2.05. The average Bonchev–Trinajstić information content (AvgIpc) is 2.57. The maximum absolute atomic E-state index is 6.04. The molecule has 0 saturated carbocycles. The van der Waals surface area contributed by atoms with E-state index in [1.807, 2.05) is 42.5 Å². The van der Waals surface area contributed by atoms with E-state index in [0.29, 0.717) is 5.02 Å². The van der Waals surface area contributed by atoms with Gasteiger partial charge in [0.25, 0.3) is 0 Å². The third-order valence-electron chi connectivity index (χ3n) is 2.21. The van der Waals surface area contributed by atoms with Crippen molar-refractivity contribution in [2.24, 2.45) is 4.99 Å². The van der Waals surface area contributed by atoms with Gasteiger partial charge < -0.3 is 4.90 Å². The number of aliphatic imine (C=N–C) groups is 1. The smallest absolute Gasteiger partial charge is 0.141 e. The predicted octanol–water partition coefficient (Wildman–Crippen LogP) is 2.52. The molecular weight excluding hydrogens is 224 g/mol. The number of aromatic nitrogens is 2. The third-order valence-corrected chi connectivity index (χ3v) is 2.42. The van der Waals surface area contributed by atoms with Crippen LogP contribution in [-0.2, 0) is 0 Å². The van der Waals surface area contributed by atoms with Crippen LogP contribution >= 0.6 is 11.6 Å². The number of imidazole rings is 1. The molecule has 84 valence electrons. The molecule has 0 spiro atoms. The maximum atomic E-state index is 6.04. The van der Waals surface area contributed by atoms with E-state index in [0.717, 1.165) is 17.0 Å². The summed E-state index contributed by atoms with van der Waals surface area (Å²) in [5.74, 6) is 0.775. The Morgan fingerprint density at radius 3 is 2.88 bits per heavy atom. The van der Waals surface area contributed by atoms with Crippen molar-refractivity contribution in [2.75, 3.05) is 14.1 Å². The fourth-order valence-corrected chi connectivity index (χ4v) is 1.64. The molecule has 0 aliphatic heterocycles. The highest BCUT2D eigenvalue weighted by molar-refractivity contribution is 6.31. The summed E-state index contributed by atoms with van der Waals surface area (Å²) >= 11 is 6.04. The topological polar surface area (TPSA) is 32.9 Å². The molecule has 2 heterocycles. The Hall–Kier alpha value is -1.55. The van der Waals surface area contributed by atoms with Gasteiger partial charge in [-0.3, -0.25) is 4.40 Å². The van der Waals surface area contributed by atoms with E-state index in [4.69, 9.17) is 11.6 Å². The van der Waals surface area contributed by atoms with E-state index < -0.39 is 0 Å². The zero-order valence-corrected chi connectivity index (χ0v) is 10.2. The summed E-state index contributed by atoms with van der Waals surface area (Å²) in [5.41, 5.74) is 1.93. The maximum Gasteiger partial charge on any atom is 0.141 e. The van der Waals surface area contributed by atoms with Crippen molar-refractivity contribution in [1.82, 2.24) is 14.3 Å². The van der Waals surface area contributed by atoms with Gasteiger partial charge in [0.2, 0.25) is 0 Å².